The summed E-state index contributed by atoms with van der Waals surface area (Å²) in [4.78, 5) is 24.7. The maximum Gasteiger partial charge on any atom is 0.321 e. The first-order chi connectivity index (χ1) is 12.5. The number of hydrogen-bond acceptors (Lipinski definition) is 6. The van der Waals surface area contributed by atoms with Crippen molar-refractivity contribution < 1.29 is 18.7 Å². The van der Waals surface area contributed by atoms with Crippen LogP contribution in [0.1, 0.15) is 10.4 Å². The number of methoxy groups -OCH3 is 2. The maximum absolute atomic E-state index is 13.2. The summed E-state index contributed by atoms with van der Waals surface area (Å²) >= 11 is 5.99. The summed E-state index contributed by atoms with van der Waals surface area (Å²) in [5.74, 6) is 0.389. The van der Waals surface area contributed by atoms with Crippen LogP contribution in [-0.2, 0) is 0 Å². The Morgan fingerprint density at radius 3 is 2.46 bits per heavy atom. The molecule has 0 atom stereocenters. The minimum Gasteiger partial charge on any atom is -0.481 e. The molecule has 0 radical (unpaired) electrons. The highest BCUT2D eigenvalue weighted by Gasteiger charge is 2.25. The van der Waals surface area contributed by atoms with Crippen LogP contribution < -0.4 is 14.4 Å². The van der Waals surface area contributed by atoms with Gasteiger partial charge in [0, 0.05) is 32.2 Å². The smallest absolute Gasteiger partial charge is 0.321 e. The molecule has 0 spiro atoms. The van der Waals surface area contributed by atoms with Crippen molar-refractivity contribution >= 4 is 23.3 Å². The lowest BCUT2D eigenvalue weighted by atomic mass is 10.1. The number of ether oxygens (including phenoxy) is 2. The molecule has 1 aliphatic heterocycles. The SMILES string of the molecule is COc1cc(N2CCN(C(=O)c3ccc(F)cc3Cl)CC2)nc(OC)n1. The zero-order valence-corrected chi connectivity index (χ0v) is 15.2. The highest BCUT2D eigenvalue weighted by molar-refractivity contribution is 6.33. The molecule has 0 N–H and O–H groups in total. The van der Waals surface area contributed by atoms with Gasteiger partial charge in [0.15, 0.2) is 0 Å². The second-order valence-electron chi connectivity index (χ2n) is 5.66. The van der Waals surface area contributed by atoms with E-state index in [0.717, 1.165) is 6.07 Å². The molecular formula is C17H18ClFN4O3. The summed E-state index contributed by atoms with van der Waals surface area (Å²) in [5, 5.41) is 0.114. The molecule has 2 aromatic rings. The van der Waals surface area contributed by atoms with Crippen LogP contribution in [0.25, 0.3) is 0 Å². The lowest BCUT2D eigenvalue weighted by Crippen LogP contribution is -2.49. The quantitative estimate of drug-likeness (QED) is 0.810. The fourth-order valence-electron chi connectivity index (χ4n) is 2.72. The average Bonchev–Trinajstić information content (AvgIpc) is 2.67. The van der Waals surface area contributed by atoms with Gasteiger partial charge < -0.3 is 19.3 Å². The van der Waals surface area contributed by atoms with Gasteiger partial charge in [0.25, 0.3) is 5.91 Å². The second-order valence-corrected chi connectivity index (χ2v) is 6.07. The third-order valence-corrected chi connectivity index (χ3v) is 4.43. The molecule has 138 valence electrons. The number of aromatic nitrogens is 2. The van der Waals surface area contributed by atoms with Gasteiger partial charge in [-0.25, -0.2) is 4.39 Å². The second kappa shape index (κ2) is 7.74. The van der Waals surface area contributed by atoms with Gasteiger partial charge in [-0.2, -0.15) is 9.97 Å². The van der Waals surface area contributed by atoms with E-state index in [1.165, 1.54) is 26.4 Å². The minimum atomic E-state index is -0.469. The standard InChI is InChI=1S/C17H18ClFN4O3/c1-25-15-10-14(20-17(21-15)26-2)22-5-7-23(8-6-22)16(24)12-4-3-11(19)9-13(12)18/h3-4,9-10H,5-8H2,1-2H3. The van der Waals surface area contributed by atoms with Crippen LogP contribution in [-0.4, -0.2) is 61.2 Å². The van der Waals surface area contributed by atoms with Gasteiger partial charge in [-0.05, 0) is 18.2 Å². The van der Waals surface area contributed by atoms with Crippen molar-refractivity contribution in [3.63, 3.8) is 0 Å². The highest BCUT2D eigenvalue weighted by atomic mass is 35.5. The van der Waals surface area contributed by atoms with E-state index in [4.69, 9.17) is 21.1 Å². The van der Waals surface area contributed by atoms with Gasteiger partial charge in [-0.15, -0.1) is 0 Å². The normalized spacial score (nSPS) is 14.3. The fourth-order valence-corrected chi connectivity index (χ4v) is 2.97. The van der Waals surface area contributed by atoms with Crippen LogP contribution in [0.2, 0.25) is 5.02 Å². The molecule has 0 unspecified atom stereocenters. The topological polar surface area (TPSA) is 67.8 Å². The van der Waals surface area contributed by atoms with E-state index in [9.17, 15) is 9.18 Å². The van der Waals surface area contributed by atoms with Crippen molar-refractivity contribution in [3.05, 3.63) is 40.7 Å². The van der Waals surface area contributed by atoms with Gasteiger partial charge >= 0.3 is 6.01 Å². The number of benzene rings is 1. The number of carbonyl (C=O) groups excluding carboxylic acids is 1. The van der Waals surface area contributed by atoms with E-state index in [2.05, 4.69) is 9.97 Å². The molecule has 1 aromatic carbocycles. The van der Waals surface area contributed by atoms with Crippen LogP contribution in [0.5, 0.6) is 11.9 Å². The number of carbonyl (C=O) groups is 1. The van der Waals surface area contributed by atoms with Gasteiger partial charge in [-0.1, -0.05) is 11.6 Å². The monoisotopic (exact) mass is 380 g/mol. The van der Waals surface area contributed by atoms with Crippen LogP contribution in [0.15, 0.2) is 24.3 Å². The molecule has 2 heterocycles. The molecule has 0 aliphatic carbocycles. The Hall–Kier alpha value is -2.61. The number of halogens is 2. The van der Waals surface area contributed by atoms with Gasteiger partial charge in [-0.3, -0.25) is 4.79 Å². The van der Waals surface area contributed by atoms with Crippen molar-refractivity contribution in [1.82, 2.24) is 14.9 Å². The molecule has 0 bridgehead atoms. The number of piperazine rings is 1. The summed E-state index contributed by atoms with van der Waals surface area (Å²) < 4.78 is 23.4. The molecule has 1 amide bonds. The molecule has 26 heavy (non-hydrogen) atoms. The predicted octanol–water partition coefficient (Wildman–Crippen LogP) is 2.25. The number of nitrogens with zero attached hydrogens (tertiary/aromatic N) is 4. The summed E-state index contributed by atoms with van der Waals surface area (Å²) in [6, 6.07) is 5.72. The largest absolute Gasteiger partial charge is 0.481 e. The summed E-state index contributed by atoms with van der Waals surface area (Å²) in [7, 11) is 3.01. The first-order valence-corrected chi connectivity index (χ1v) is 8.36. The number of anilines is 1. The lowest BCUT2D eigenvalue weighted by molar-refractivity contribution is 0.0746. The van der Waals surface area contributed by atoms with Crippen LogP contribution in [0.3, 0.4) is 0 Å². The maximum atomic E-state index is 13.2. The lowest BCUT2D eigenvalue weighted by Gasteiger charge is -2.35. The van der Waals surface area contributed by atoms with E-state index < -0.39 is 5.82 Å². The van der Waals surface area contributed by atoms with Crippen molar-refractivity contribution in [2.45, 2.75) is 0 Å². The van der Waals surface area contributed by atoms with Crippen molar-refractivity contribution in [3.8, 4) is 11.9 Å². The average molecular weight is 381 g/mol. The number of amides is 1. The third kappa shape index (κ3) is 3.80. The van der Waals surface area contributed by atoms with Crippen molar-refractivity contribution in [2.75, 3.05) is 45.3 Å². The zero-order valence-electron chi connectivity index (χ0n) is 14.4. The van der Waals surface area contributed by atoms with Crippen molar-refractivity contribution in [1.29, 1.82) is 0 Å². The Morgan fingerprint density at radius 1 is 1.12 bits per heavy atom. The number of hydrogen-bond donors (Lipinski definition) is 0. The van der Waals surface area contributed by atoms with E-state index >= 15 is 0 Å². The Morgan fingerprint density at radius 2 is 1.85 bits per heavy atom. The Labute approximate surface area is 155 Å². The first-order valence-electron chi connectivity index (χ1n) is 7.98. The first kappa shape index (κ1) is 18.2. The molecule has 0 saturated carbocycles. The van der Waals surface area contributed by atoms with Gasteiger partial charge in [0.2, 0.25) is 5.88 Å². The van der Waals surface area contributed by atoms with Gasteiger partial charge in [0.05, 0.1) is 24.8 Å². The van der Waals surface area contributed by atoms with Crippen LogP contribution in [0, 0.1) is 5.82 Å². The summed E-state index contributed by atoms with van der Waals surface area (Å²) in [6.07, 6.45) is 0. The Bertz CT molecular complexity index is 790. The Balaban J connectivity index is 1.70. The molecule has 1 aromatic heterocycles. The molecule has 7 nitrogen and oxygen atoms in total. The van der Waals surface area contributed by atoms with Crippen LogP contribution >= 0.6 is 11.6 Å². The zero-order chi connectivity index (χ0) is 18.7. The Kier molecular flexibility index (Phi) is 5.41. The molecule has 1 fully saturated rings. The molecule has 1 aliphatic rings. The van der Waals surface area contributed by atoms with E-state index in [-0.39, 0.29) is 16.9 Å². The van der Waals surface area contributed by atoms with Gasteiger partial charge in [0.1, 0.15) is 11.6 Å². The predicted molar refractivity (Wildman–Crippen MR) is 94.7 cm³/mol. The fraction of sp³-hybridized carbons (Fsp3) is 0.353. The van der Waals surface area contributed by atoms with Crippen molar-refractivity contribution in [2.24, 2.45) is 0 Å². The number of rotatable bonds is 4. The molecular weight excluding hydrogens is 363 g/mol. The van der Waals surface area contributed by atoms with E-state index in [0.29, 0.717) is 43.4 Å². The van der Waals surface area contributed by atoms with E-state index in [1.54, 1.807) is 11.0 Å². The third-order valence-electron chi connectivity index (χ3n) is 4.11. The summed E-state index contributed by atoms with van der Waals surface area (Å²) in [6.45, 7) is 2.13. The highest BCUT2D eigenvalue weighted by Crippen LogP contribution is 2.23. The minimum absolute atomic E-state index is 0.114. The molecule has 3 rings (SSSR count). The summed E-state index contributed by atoms with van der Waals surface area (Å²) in [5.41, 5.74) is 0.298. The van der Waals surface area contributed by atoms with E-state index in [1.807, 2.05) is 4.90 Å². The molecule has 9 heteroatoms. The molecule has 1 saturated heterocycles. The van der Waals surface area contributed by atoms with Crippen LogP contribution in [0.4, 0.5) is 10.2 Å².